The Hall–Kier alpha value is -4.73. The van der Waals surface area contributed by atoms with Gasteiger partial charge >= 0.3 is 6.18 Å². The minimum absolute atomic E-state index is 0.0872. The largest absolute Gasteiger partial charge is 0.416 e. The van der Waals surface area contributed by atoms with Gasteiger partial charge in [0.25, 0.3) is 5.91 Å². The SMILES string of the molecule is O=C(Nc1cccc(-c2cn3ccnc3c(NCc3ccncc3)n2)c1)c1cccc(C(F)(F)F)c1. The molecule has 0 saturated heterocycles. The highest BCUT2D eigenvalue weighted by Gasteiger charge is 2.30. The van der Waals surface area contributed by atoms with Crippen molar-refractivity contribution in [2.24, 2.45) is 0 Å². The molecular formula is C26H19F3N6O. The van der Waals surface area contributed by atoms with Gasteiger partial charge in [-0.2, -0.15) is 13.2 Å². The number of nitrogens with zero attached hydrogens (tertiary/aromatic N) is 4. The van der Waals surface area contributed by atoms with Crippen LogP contribution in [0, 0.1) is 0 Å². The van der Waals surface area contributed by atoms with Crippen molar-refractivity contribution >= 4 is 23.1 Å². The van der Waals surface area contributed by atoms with E-state index in [-0.39, 0.29) is 5.56 Å². The fourth-order valence-corrected chi connectivity index (χ4v) is 3.67. The van der Waals surface area contributed by atoms with Crippen LogP contribution in [0.2, 0.25) is 0 Å². The van der Waals surface area contributed by atoms with Gasteiger partial charge in [0.1, 0.15) is 0 Å². The third-order valence-electron chi connectivity index (χ3n) is 5.45. The maximum atomic E-state index is 13.0. The van der Waals surface area contributed by atoms with E-state index in [4.69, 9.17) is 4.98 Å². The normalized spacial score (nSPS) is 11.4. The summed E-state index contributed by atoms with van der Waals surface area (Å²) in [6.07, 6.45) is 4.18. The molecule has 1 amide bonds. The summed E-state index contributed by atoms with van der Waals surface area (Å²) in [7, 11) is 0. The van der Waals surface area contributed by atoms with E-state index in [2.05, 4.69) is 20.6 Å². The number of benzene rings is 2. The predicted octanol–water partition coefficient (Wildman–Crippen LogP) is 5.67. The van der Waals surface area contributed by atoms with Crippen molar-refractivity contribution in [2.45, 2.75) is 12.7 Å². The van der Waals surface area contributed by atoms with Crippen LogP contribution in [-0.4, -0.2) is 25.3 Å². The Morgan fingerprint density at radius 3 is 2.58 bits per heavy atom. The van der Waals surface area contributed by atoms with Crippen molar-refractivity contribution in [3.8, 4) is 11.3 Å². The van der Waals surface area contributed by atoms with Crippen molar-refractivity contribution in [3.05, 3.63) is 108 Å². The summed E-state index contributed by atoms with van der Waals surface area (Å²) in [4.78, 5) is 25.8. The molecule has 36 heavy (non-hydrogen) atoms. The second kappa shape index (κ2) is 9.49. The van der Waals surface area contributed by atoms with E-state index in [1.807, 2.05) is 28.8 Å². The number of fused-ring (bicyclic) bond motifs is 1. The number of aromatic nitrogens is 4. The average molecular weight is 488 g/mol. The Morgan fingerprint density at radius 2 is 1.78 bits per heavy atom. The molecule has 5 aromatic rings. The van der Waals surface area contributed by atoms with E-state index in [0.29, 0.717) is 35.0 Å². The topological polar surface area (TPSA) is 84.2 Å². The number of amides is 1. The molecule has 2 N–H and O–H groups in total. The van der Waals surface area contributed by atoms with Gasteiger partial charge in [-0.05, 0) is 48.0 Å². The van der Waals surface area contributed by atoms with Crippen LogP contribution >= 0.6 is 0 Å². The smallest absolute Gasteiger partial charge is 0.363 e. The summed E-state index contributed by atoms with van der Waals surface area (Å²) in [6, 6.07) is 15.0. The van der Waals surface area contributed by atoms with Crippen LogP contribution in [0.1, 0.15) is 21.5 Å². The second-order valence-electron chi connectivity index (χ2n) is 7.96. The van der Waals surface area contributed by atoms with Gasteiger partial charge in [-0.1, -0.05) is 18.2 Å². The van der Waals surface area contributed by atoms with Crippen molar-refractivity contribution in [2.75, 3.05) is 10.6 Å². The lowest BCUT2D eigenvalue weighted by atomic mass is 10.1. The molecule has 2 aromatic carbocycles. The molecule has 5 rings (SSSR count). The summed E-state index contributed by atoms with van der Waals surface area (Å²) >= 11 is 0. The maximum Gasteiger partial charge on any atom is 0.416 e. The zero-order chi connectivity index (χ0) is 25.1. The summed E-state index contributed by atoms with van der Waals surface area (Å²) in [6.45, 7) is 0.522. The monoisotopic (exact) mass is 488 g/mol. The zero-order valence-corrected chi connectivity index (χ0v) is 18.7. The van der Waals surface area contributed by atoms with Crippen LogP contribution in [0.4, 0.5) is 24.7 Å². The number of pyridine rings is 1. The molecule has 0 radical (unpaired) electrons. The van der Waals surface area contributed by atoms with Crippen LogP contribution in [0.15, 0.2) is 91.6 Å². The van der Waals surface area contributed by atoms with Crippen LogP contribution in [-0.2, 0) is 12.7 Å². The first-order chi connectivity index (χ1) is 17.4. The number of rotatable bonds is 6. The summed E-state index contributed by atoms with van der Waals surface area (Å²) in [5.41, 5.74) is 2.47. The van der Waals surface area contributed by atoms with Crippen LogP contribution < -0.4 is 10.6 Å². The van der Waals surface area contributed by atoms with Gasteiger partial charge in [0, 0.05) is 54.3 Å². The second-order valence-corrected chi connectivity index (χ2v) is 7.96. The highest BCUT2D eigenvalue weighted by atomic mass is 19.4. The molecule has 0 fully saturated rings. The number of hydrogen-bond acceptors (Lipinski definition) is 5. The molecule has 0 unspecified atom stereocenters. The molecule has 10 heteroatoms. The third-order valence-corrected chi connectivity index (χ3v) is 5.45. The standard InChI is InChI=1S/C26H19F3N6O/c27-26(28,29)20-5-1-4-19(13-20)25(36)33-21-6-2-3-18(14-21)22-16-35-12-11-31-24(35)23(34-22)32-15-17-7-9-30-10-8-17/h1-14,16H,15H2,(H,32,34)(H,33,36). The molecule has 0 atom stereocenters. The predicted molar refractivity (Wildman–Crippen MR) is 129 cm³/mol. The zero-order valence-electron chi connectivity index (χ0n) is 18.7. The van der Waals surface area contributed by atoms with Gasteiger partial charge < -0.3 is 15.0 Å². The van der Waals surface area contributed by atoms with E-state index in [9.17, 15) is 18.0 Å². The molecule has 7 nitrogen and oxygen atoms in total. The van der Waals surface area contributed by atoms with Crippen molar-refractivity contribution < 1.29 is 18.0 Å². The molecule has 0 saturated carbocycles. The Morgan fingerprint density at radius 1 is 0.972 bits per heavy atom. The molecule has 3 heterocycles. The first-order valence-electron chi connectivity index (χ1n) is 10.9. The molecule has 0 aliphatic carbocycles. The summed E-state index contributed by atoms with van der Waals surface area (Å²) in [5, 5.41) is 5.97. The van der Waals surface area contributed by atoms with E-state index >= 15 is 0 Å². The minimum Gasteiger partial charge on any atom is -0.363 e. The van der Waals surface area contributed by atoms with Crippen molar-refractivity contribution in [1.82, 2.24) is 19.4 Å². The molecule has 180 valence electrons. The van der Waals surface area contributed by atoms with E-state index in [0.717, 1.165) is 17.7 Å². The van der Waals surface area contributed by atoms with Gasteiger partial charge in [0.15, 0.2) is 11.5 Å². The Balaban J connectivity index is 1.40. The molecule has 0 aliphatic heterocycles. The summed E-state index contributed by atoms with van der Waals surface area (Å²) in [5.74, 6) is -0.0660. The fourth-order valence-electron chi connectivity index (χ4n) is 3.67. The van der Waals surface area contributed by atoms with Gasteiger partial charge in [0.05, 0.1) is 11.3 Å². The lowest BCUT2D eigenvalue weighted by molar-refractivity contribution is -0.137. The maximum absolute atomic E-state index is 13.0. The first-order valence-corrected chi connectivity index (χ1v) is 10.9. The molecular weight excluding hydrogens is 469 g/mol. The Bertz CT molecular complexity index is 1530. The van der Waals surface area contributed by atoms with Crippen molar-refractivity contribution in [3.63, 3.8) is 0 Å². The fraction of sp³-hybridized carbons (Fsp3) is 0.0769. The average Bonchev–Trinajstić information content (AvgIpc) is 3.37. The van der Waals surface area contributed by atoms with Gasteiger partial charge in [-0.15, -0.1) is 0 Å². The summed E-state index contributed by atoms with van der Waals surface area (Å²) < 4.78 is 40.9. The highest BCUT2D eigenvalue weighted by Crippen LogP contribution is 2.30. The quantitative estimate of drug-likeness (QED) is 0.322. The lowest BCUT2D eigenvalue weighted by Gasteiger charge is -2.12. The number of alkyl halides is 3. The first kappa shape index (κ1) is 23.0. The van der Waals surface area contributed by atoms with Crippen LogP contribution in [0.3, 0.4) is 0 Å². The number of anilines is 2. The van der Waals surface area contributed by atoms with Crippen molar-refractivity contribution in [1.29, 1.82) is 0 Å². The Labute approximate surface area is 203 Å². The van der Waals surface area contributed by atoms with Gasteiger partial charge in [0.2, 0.25) is 0 Å². The molecule has 0 aliphatic rings. The Kier molecular flexibility index (Phi) is 6.07. The van der Waals surface area contributed by atoms with E-state index < -0.39 is 17.6 Å². The minimum atomic E-state index is -4.53. The number of imidazole rings is 1. The number of carbonyl (C=O) groups excluding carboxylic acids is 1. The van der Waals surface area contributed by atoms with E-state index in [1.54, 1.807) is 43.0 Å². The number of nitrogens with one attached hydrogen (secondary N) is 2. The lowest BCUT2D eigenvalue weighted by Crippen LogP contribution is -2.14. The van der Waals surface area contributed by atoms with Crippen LogP contribution in [0.5, 0.6) is 0 Å². The molecule has 0 bridgehead atoms. The van der Waals surface area contributed by atoms with Gasteiger partial charge in [-0.3, -0.25) is 9.78 Å². The highest BCUT2D eigenvalue weighted by molar-refractivity contribution is 6.04. The molecule has 3 aromatic heterocycles. The third kappa shape index (κ3) is 5.02. The van der Waals surface area contributed by atoms with E-state index in [1.165, 1.54) is 12.1 Å². The van der Waals surface area contributed by atoms with Gasteiger partial charge in [-0.25, -0.2) is 9.97 Å². The number of carbonyl (C=O) groups is 1. The number of halogens is 3. The van der Waals surface area contributed by atoms with Crippen LogP contribution in [0.25, 0.3) is 16.9 Å². The number of hydrogen-bond donors (Lipinski definition) is 2. The molecule has 0 spiro atoms.